The molecule has 0 unspecified atom stereocenters. The summed E-state index contributed by atoms with van der Waals surface area (Å²) in [6.45, 7) is 6.22. The Morgan fingerprint density at radius 2 is 2.20 bits per heavy atom. The second kappa shape index (κ2) is 5.18. The van der Waals surface area contributed by atoms with Crippen LogP contribution in [0.2, 0.25) is 0 Å². The second-order valence-corrected chi connectivity index (χ2v) is 2.41. The third-order valence-electron chi connectivity index (χ3n) is 1.31. The van der Waals surface area contributed by atoms with Crippen LogP contribution in [0.3, 0.4) is 0 Å². The van der Waals surface area contributed by atoms with Gasteiger partial charge in [0.05, 0.1) is 0 Å². The Kier molecular flexibility index (Phi) is 4.85. The fraction of sp³-hybridized carbons (Fsp3) is 0.625. The lowest BCUT2D eigenvalue weighted by atomic mass is 10.1. The predicted molar refractivity (Wildman–Crippen MR) is 43.0 cm³/mol. The molecule has 0 aliphatic carbocycles. The number of hydrogen-bond donors (Lipinski definition) is 1. The van der Waals surface area contributed by atoms with Gasteiger partial charge in [-0.15, -0.1) is 0 Å². The standard InChI is InChI=1S/C8H15NO/c1-7(2)8(10)5-4-6-9-3/h9H,1,4-6H2,2-3H3. The molecule has 0 radical (unpaired) electrons. The molecular weight excluding hydrogens is 126 g/mol. The van der Waals surface area contributed by atoms with E-state index in [4.69, 9.17) is 0 Å². The quantitative estimate of drug-likeness (QED) is 0.459. The maximum Gasteiger partial charge on any atom is 0.158 e. The summed E-state index contributed by atoms with van der Waals surface area (Å²) in [7, 11) is 1.88. The van der Waals surface area contributed by atoms with Gasteiger partial charge in [-0.05, 0) is 32.5 Å². The first-order chi connectivity index (χ1) is 4.68. The van der Waals surface area contributed by atoms with Crippen LogP contribution in [0.15, 0.2) is 12.2 Å². The number of carbonyl (C=O) groups is 1. The first kappa shape index (κ1) is 9.37. The minimum Gasteiger partial charge on any atom is -0.320 e. The fourth-order valence-electron chi connectivity index (χ4n) is 0.639. The van der Waals surface area contributed by atoms with Crippen LogP contribution in [-0.4, -0.2) is 19.4 Å². The van der Waals surface area contributed by atoms with E-state index in [9.17, 15) is 4.79 Å². The maximum absolute atomic E-state index is 10.9. The molecule has 0 bridgehead atoms. The number of Topliss-reactive ketones (excluding diaryl/α,β-unsaturated/α-hetero) is 1. The van der Waals surface area contributed by atoms with E-state index in [2.05, 4.69) is 11.9 Å². The van der Waals surface area contributed by atoms with E-state index in [0.717, 1.165) is 13.0 Å². The van der Waals surface area contributed by atoms with Crippen LogP contribution in [0, 0.1) is 0 Å². The van der Waals surface area contributed by atoms with Gasteiger partial charge in [-0.25, -0.2) is 0 Å². The van der Waals surface area contributed by atoms with Crippen molar-refractivity contribution in [2.45, 2.75) is 19.8 Å². The second-order valence-electron chi connectivity index (χ2n) is 2.41. The molecule has 0 saturated carbocycles. The zero-order valence-corrected chi connectivity index (χ0v) is 6.74. The minimum atomic E-state index is 0.176. The maximum atomic E-state index is 10.9. The van der Waals surface area contributed by atoms with Crippen molar-refractivity contribution in [3.8, 4) is 0 Å². The van der Waals surface area contributed by atoms with Gasteiger partial charge in [0, 0.05) is 6.42 Å². The van der Waals surface area contributed by atoms with Crippen LogP contribution < -0.4 is 5.32 Å². The molecule has 0 heterocycles. The zero-order chi connectivity index (χ0) is 7.98. The van der Waals surface area contributed by atoms with Gasteiger partial charge in [-0.2, -0.15) is 0 Å². The Hall–Kier alpha value is -0.630. The topological polar surface area (TPSA) is 29.1 Å². The van der Waals surface area contributed by atoms with Gasteiger partial charge < -0.3 is 5.32 Å². The number of allylic oxidation sites excluding steroid dienone is 1. The molecule has 0 aromatic carbocycles. The number of ketones is 1. The van der Waals surface area contributed by atoms with Crippen LogP contribution >= 0.6 is 0 Å². The highest BCUT2D eigenvalue weighted by Crippen LogP contribution is 1.97. The van der Waals surface area contributed by atoms with Crippen molar-refractivity contribution in [2.75, 3.05) is 13.6 Å². The van der Waals surface area contributed by atoms with Crippen molar-refractivity contribution in [3.05, 3.63) is 12.2 Å². The van der Waals surface area contributed by atoms with Gasteiger partial charge in [0.2, 0.25) is 0 Å². The summed E-state index contributed by atoms with van der Waals surface area (Å²) in [5, 5.41) is 2.98. The predicted octanol–water partition coefficient (Wildman–Crippen LogP) is 1.13. The van der Waals surface area contributed by atoms with Gasteiger partial charge in [0.15, 0.2) is 5.78 Å². The van der Waals surface area contributed by atoms with Crippen molar-refractivity contribution in [1.29, 1.82) is 0 Å². The molecule has 10 heavy (non-hydrogen) atoms. The Bertz CT molecular complexity index is 129. The van der Waals surface area contributed by atoms with Gasteiger partial charge in [-0.1, -0.05) is 6.58 Å². The third kappa shape index (κ3) is 4.27. The van der Waals surface area contributed by atoms with E-state index in [1.165, 1.54) is 0 Å². The number of rotatable bonds is 5. The highest BCUT2D eigenvalue weighted by molar-refractivity contribution is 5.93. The lowest BCUT2D eigenvalue weighted by Gasteiger charge is -1.97. The number of carbonyl (C=O) groups excluding carboxylic acids is 1. The summed E-state index contributed by atoms with van der Waals surface area (Å²) < 4.78 is 0. The SMILES string of the molecule is C=C(C)C(=O)CCCNC. The smallest absolute Gasteiger partial charge is 0.158 e. The average Bonchev–Trinajstić information content (AvgIpc) is 1.88. The fourth-order valence-corrected chi connectivity index (χ4v) is 0.639. The summed E-state index contributed by atoms with van der Waals surface area (Å²) in [5.74, 6) is 0.176. The highest BCUT2D eigenvalue weighted by Gasteiger charge is 1.99. The molecule has 0 aromatic heterocycles. The van der Waals surface area contributed by atoms with Gasteiger partial charge in [0.25, 0.3) is 0 Å². The van der Waals surface area contributed by atoms with Crippen LogP contribution in [0.5, 0.6) is 0 Å². The van der Waals surface area contributed by atoms with E-state index in [1.54, 1.807) is 6.92 Å². The minimum absolute atomic E-state index is 0.176. The lowest BCUT2D eigenvalue weighted by molar-refractivity contribution is -0.115. The summed E-state index contributed by atoms with van der Waals surface area (Å²) in [6, 6.07) is 0. The summed E-state index contributed by atoms with van der Waals surface area (Å²) in [4.78, 5) is 10.9. The molecule has 58 valence electrons. The molecule has 2 nitrogen and oxygen atoms in total. The largest absolute Gasteiger partial charge is 0.320 e. The van der Waals surface area contributed by atoms with Crippen LogP contribution in [0.1, 0.15) is 19.8 Å². The normalized spacial score (nSPS) is 9.40. The van der Waals surface area contributed by atoms with E-state index >= 15 is 0 Å². The molecular formula is C8H15NO. The molecule has 0 spiro atoms. The Morgan fingerprint density at radius 1 is 1.60 bits per heavy atom. The molecule has 0 amide bonds. The molecule has 0 aliphatic heterocycles. The first-order valence-electron chi connectivity index (χ1n) is 3.51. The lowest BCUT2D eigenvalue weighted by Crippen LogP contribution is -2.09. The Morgan fingerprint density at radius 3 is 2.60 bits per heavy atom. The Labute approximate surface area is 62.3 Å². The zero-order valence-electron chi connectivity index (χ0n) is 6.74. The van der Waals surface area contributed by atoms with E-state index < -0.39 is 0 Å². The van der Waals surface area contributed by atoms with Gasteiger partial charge in [-0.3, -0.25) is 4.79 Å². The monoisotopic (exact) mass is 141 g/mol. The van der Waals surface area contributed by atoms with Crippen molar-refractivity contribution in [1.82, 2.24) is 5.32 Å². The number of nitrogens with one attached hydrogen (secondary N) is 1. The first-order valence-corrected chi connectivity index (χ1v) is 3.51. The number of hydrogen-bond acceptors (Lipinski definition) is 2. The molecule has 1 N–H and O–H groups in total. The molecule has 0 atom stereocenters. The molecule has 0 saturated heterocycles. The van der Waals surface area contributed by atoms with Crippen molar-refractivity contribution in [3.63, 3.8) is 0 Å². The highest BCUT2D eigenvalue weighted by atomic mass is 16.1. The van der Waals surface area contributed by atoms with E-state index in [1.807, 2.05) is 7.05 Å². The molecule has 0 aromatic rings. The molecule has 0 fully saturated rings. The van der Waals surface area contributed by atoms with Gasteiger partial charge in [0.1, 0.15) is 0 Å². The van der Waals surface area contributed by atoms with Crippen molar-refractivity contribution in [2.24, 2.45) is 0 Å². The van der Waals surface area contributed by atoms with Crippen LogP contribution in [-0.2, 0) is 4.79 Å². The third-order valence-corrected chi connectivity index (χ3v) is 1.31. The average molecular weight is 141 g/mol. The van der Waals surface area contributed by atoms with Crippen molar-refractivity contribution < 1.29 is 4.79 Å². The van der Waals surface area contributed by atoms with E-state index in [-0.39, 0.29) is 5.78 Å². The van der Waals surface area contributed by atoms with Crippen molar-refractivity contribution >= 4 is 5.78 Å². The molecule has 2 heteroatoms. The summed E-state index contributed by atoms with van der Waals surface area (Å²) in [6.07, 6.45) is 1.53. The summed E-state index contributed by atoms with van der Waals surface area (Å²) >= 11 is 0. The molecule has 0 aliphatic rings. The summed E-state index contributed by atoms with van der Waals surface area (Å²) in [5.41, 5.74) is 0.663. The Balaban J connectivity index is 3.31. The van der Waals surface area contributed by atoms with Crippen LogP contribution in [0.4, 0.5) is 0 Å². The molecule has 0 rings (SSSR count). The van der Waals surface area contributed by atoms with Crippen LogP contribution in [0.25, 0.3) is 0 Å². The van der Waals surface area contributed by atoms with E-state index in [0.29, 0.717) is 12.0 Å². The van der Waals surface area contributed by atoms with Gasteiger partial charge >= 0.3 is 0 Å².